The zero-order valence-electron chi connectivity index (χ0n) is 24.0. The third-order valence-electron chi connectivity index (χ3n) is 6.78. The average Bonchev–Trinajstić information content (AvgIpc) is 3.35. The van der Waals surface area contributed by atoms with E-state index in [0.717, 1.165) is 11.6 Å². The largest absolute Gasteiger partial charge is 1.00 e. The number of fused-ring (bicyclic) bond motifs is 3. The first kappa shape index (κ1) is 32.0. The number of ether oxygens (including phenoxy) is 4. The molecule has 3 aromatic carbocycles. The molecule has 220 valence electrons. The van der Waals surface area contributed by atoms with Gasteiger partial charge in [-0.3, -0.25) is 0 Å². The number of aromatic nitrogens is 1. The Balaban J connectivity index is 0.00000423. The van der Waals surface area contributed by atoms with Crippen molar-refractivity contribution in [2.24, 2.45) is 0 Å². The first-order chi connectivity index (χ1) is 20.1. The van der Waals surface area contributed by atoms with Crippen LogP contribution in [0.5, 0.6) is 34.5 Å². The Labute approximate surface area is 268 Å². The molecule has 43 heavy (non-hydrogen) atoms. The van der Waals surface area contributed by atoms with Gasteiger partial charge in [-0.05, 0) is 47.9 Å². The monoisotopic (exact) mass is 619 g/mol. The fourth-order valence-electron chi connectivity index (χ4n) is 4.89. The summed E-state index contributed by atoms with van der Waals surface area (Å²) in [4.78, 5) is 13.4. The van der Waals surface area contributed by atoms with Crippen LogP contribution >= 0.6 is 0 Å². The fourth-order valence-corrected chi connectivity index (χ4v) is 5.24. The van der Waals surface area contributed by atoms with Crippen molar-refractivity contribution in [3.05, 3.63) is 70.7 Å². The molecule has 12 nitrogen and oxygen atoms in total. The molecule has 0 bridgehead atoms. The number of hydrogen-bond acceptors (Lipinski definition) is 11. The molecule has 0 atom stereocenters. The van der Waals surface area contributed by atoms with Gasteiger partial charge < -0.3 is 41.8 Å². The van der Waals surface area contributed by atoms with Crippen LogP contribution in [-0.4, -0.2) is 51.1 Å². The van der Waals surface area contributed by atoms with Crippen molar-refractivity contribution in [2.45, 2.75) is 13.0 Å². The quantitative estimate of drug-likeness (QED) is 0.104. The van der Waals surface area contributed by atoms with Gasteiger partial charge in [0.2, 0.25) is 0 Å². The maximum absolute atomic E-state index is 13.4. The van der Waals surface area contributed by atoms with Gasteiger partial charge in [0.25, 0.3) is 10.4 Å². The van der Waals surface area contributed by atoms with Gasteiger partial charge in [-0.25, -0.2) is 13.2 Å². The predicted molar refractivity (Wildman–Crippen MR) is 152 cm³/mol. The minimum absolute atomic E-state index is 0. The van der Waals surface area contributed by atoms with Crippen LogP contribution in [0.15, 0.2) is 63.9 Å². The van der Waals surface area contributed by atoms with E-state index in [9.17, 15) is 22.9 Å². The van der Waals surface area contributed by atoms with Crippen molar-refractivity contribution in [3.63, 3.8) is 0 Å². The molecule has 0 fully saturated rings. The van der Waals surface area contributed by atoms with Gasteiger partial charge in [0, 0.05) is 35.1 Å². The molecule has 0 amide bonds. The third kappa shape index (κ3) is 6.40. The smallest absolute Gasteiger partial charge is 0.716 e. The topological polar surface area (TPSA) is 159 Å². The molecule has 5 rings (SSSR count). The van der Waals surface area contributed by atoms with Crippen LogP contribution in [-0.2, 0) is 23.4 Å². The summed E-state index contributed by atoms with van der Waals surface area (Å²) in [6.07, 6.45) is 2.27. The van der Waals surface area contributed by atoms with Crippen molar-refractivity contribution in [3.8, 4) is 45.6 Å². The number of phenolic OH excluding ortho intramolecular Hbond substituents is 1. The zero-order chi connectivity index (χ0) is 30.2. The third-order valence-corrected chi connectivity index (χ3v) is 7.16. The van der Waals surface area contributed by atoms with Crippen LogP contribution in [0.1, 0.15) is 5.56 Å². The molecule has 0 radical (unpaired) electrons. The second-order valence-corrected chi connectivity index (χ2v) is 10.1. The van der Waals surface area contributed by atoms with Crippen LogP contribution in [0.4, 0.5) is 0 Å². The van der Waals surface area contributed by atoms with E-state index in [2.05, 4.69) is 4.18 Å². The summed E-state index contributed by atoms with van der Waals surface area (Å²) in [7, 11) is 0.663. The molecule has 0 unspecified atom stereocenters. The molecular formula is C29H26NNaO11S. The standard InChI is InChI=1S/C29H27NO11S.Na/c1-36-21-8-6-17(12-20(21)31)19-15-30(10-9-16-5-7-22(37-2)24(11-16)38-3)28-27(19)18-13-25(39-4)26(41-42(33,34)35)14-23(18)40-29(28)32;/h5-8,11-15,31H,9-10H2,1-4H3,(H,33,34,35);/q;+1/p-1. The molecule has 0 aliphatic rings. The Morgan fingerprint density at radius 2 is 1.51 bits per heavy atom. The Morgan fingerprint density at radius 1 is 0.860 bits per heavy atom. The van der Waals surface area contributed by atoms with Gasteiger partial charge in [0.1, 0.15) is 11.1 Å². The minimum Gasteiger partial charge on any atom is -0.716 e. The number of aryl methyl sites for hydroxylation is 2. The van der Waals surface area contributed by atoms with Crippen molar-refractivity contribution in [1.82, 2.24) is 4.57 Å². The molecule has 5 aromatic rings. The van der Waals surface area contributed by atoms with Gasteiger partial charge in [0.15, 0.2) is 34.5 Å². The first-order valence-electron chi connectivity index (χ1n) is 12.5. The minimum atomic E-state index is -5.14. The van der Waals surface area contributed by atoms with E-state index in [-0.39, 0.29) is 57.9 Å². The Kier molecular flexibility index (Phi) is 9.52. The number of benzene rings is 3. The van der Waals surface area contributed by atoms with Crippen LogP contribution < -0.4 is 58.3 Å². The van der Waals surface area contributed by atoms with Gasteiger partial charge in [-0.2, -0.15) is 0 Å². The van der Waals surface area contributed by atoms with Gasteiger partial charge >= 0.3 is 35.2 Å². The SMILES string of the molecule is COc1ccc(-c2cn(CCc3ccc(OC)c(OC)c3)c3c(=O)oc4cc(OS(=O)(=O)[O-])c(OC)cc4c23)cc1O.[Na+]. The number of phenols is 1. The Bertz CT molecular complexity index is 1980. The van der Waals surface area contributed by atoms with E-state index in [1.165, 1.54) is 26.4 Å². The van der Waals surface area contributed by atoms with Crippen molar-refractivity contribution in [2.75, 3.05) is 28.4 Å². The van der Waals surface area contributed by atoms with Crippen molar-refractivity contribution < 1.29 is 75.2 Å². The number of rotatable bonds is 10. The van der Waals surface area contributed by atoms with E-state index >= 15 is 0 Å². The molecular weight excluding hydrogens is 593 g/mol. The van der Waals surface area contributed by atoms with Crippen molar-refractivity contribution in [1.29, 1.82) is 0 Å². The summed E-state index contributed by atoms with van der Waals surface area (Å²) in [5.41, 5.74) is 1.53. The van der Waals surface area contributed by atoms with Crippen LogP contribution in [0.2, 0.25) is 0 Å². The molecule has 0 spiro atoms. The number of hydrogen-bond donors (Lipinski definition) is 1. The van der Waals surface area contributed by atoms with Gasteiger partial charge in [-0.1, -0.05) is 12.1 Å². The van der Waals surface area contributed by atoms with E-state index in [1.807, 2.05) is 12.1 Å². The molecule has 0 aliphatic heterocycles. The maximum Gasteiger partial charge on any atom is 1.00 e. The second kappa shape index (κ2) is 12.8. The number of methoxy groups -OCH3 is 4. The number of aromatic hydroxyl groups is 1. The molecule has 0 saturated carbocycles. The second-order valence-electron chi connectivity index (χ2n) is 9.17. The average molecular weight is 620 g/mol. The van der Waals surface area contributed by atoms with E-state index < -0.39 is 21.8 Å². The molecule has 0 aliphatic carbocycles. The molecule has 0 saturated heterocycles. The summed E-state index contributed by atoms with van der Waals surface area (Å²) in [5.74, 6) is 0.809. The van der Waals surface area contributed by atoms with Gasteiger partial charge in [0.05, 0.1) is 28.4 Å². The van der Waals surface area contributed by atoms with Crippen LogP contribution in [0, 0.1) is 0 Å². The summed E-state index contributed by atoms with van der Waals surface area (Å²) in [6, 6.07) is 12.9. The maximum atomic E-state index is 13.4. The summed E-state index contributed by atoms with van der Waals surface area (Å²) in [5, 5.41) is 11.3. The van der Waals surface area contributed by atoms with Crippen LogP contribution in [0.3, 0.4) is 0 Å². The Morgan fingerprint density at radius 3 is 2.14 bits per heavy atom. The molecule has 1 N–H and O–H groups in total. The normalized spacial score (nSPS) is 11.3. The van der Waals surface area contributed by atoms with Crippen LogP contribution in [0.25, 0.3) is 33.0 Å². The van der Waals surface area contributed by atoms with Gasteiger partial charge in [-0.15, -0.1) is 0 Å². The van der Waals surface area contributed by atoms with E-state index in [4.69, 9.17) is 23.4 Å². The molecule has 2 heterocycles. The number of nitrogens with zero attached hydrogens (tertiary/aromatic N) is 1. The first-order valence-corrected chi connectivity index (χ1v) is 13.8. The molecule has 14 heteroatoms. The summed E-state index contributed by atoms with van der Waals surface area (Å²) >= 11 is 0. The summed E-state index contributed by atoms with van der Waals surface area (Å²) in [6.45, 7) is 0.358. The Hall–Kier alpha value is -3.88. The van der Waals surface area contributed by atoms with E-state index in [0.29, 0.717) is 46.4 Å². The predicted octanol–water partition coefficient (Wildman–Crippen LogP) is 1.24. The zero-order valence-corrected chi connectivity index (χ0v) is 26.8. The van der Waals surface area contributed by atoms with E-state index in [1.54, 1.807) is 43.2 Å². The fraction of sp³-hybridized carbons (Fsp3) is 0.207. The van der Waals surface area contributed by atoms with Crippen molar-refractivity contribution >= 4 is 32.3 Å². The molecule has 2 aromatic heterocycles. The summed E-state index contributed by atoms with van der Waals surface area (Å²) < 4.78 is 66.9.